The van der Waals surface area contributed by atoms with Crippen LogP contribution in [0.1, 0.15) is 30.9 Å². The van der Waals surface area contributed by atoms with E-state index in [-0.39, 0.29) is 24.2 Å². The Labute approximate surface area is 147 Å². The lowest BCUT2D eigenvalue weighted by atomic mass is 10.1. The maximum Gasteiger partial charge on any atom is 0.249 e. The Morgan fingerprint density at radius 1 is 1.21 bits per heavy atom. The van der Waals surface area contributed by atoms with Gasteiger partial charge in [-0.05, 0) is 37.0 Å². The Bertz CT molecular complexity index is 588. The first kappa shape index (κ1) is 16.3. The summed E-state index contributed by atoms with van der Waals surface area (Å²) in [5.74, 6) is 0.0486. The fourth-order valence-corrected chi connectivity index (χ4v) is 4.06. The molecule has 4 atom stereocenters. The maximum absolute atomic E-state index is 12.2. The molecule has 3 saturated heterocycles. The van der Waals surface area contributed by atoms with Crippen LogP contribution in [0.2, 0.25) is 5.02 Å². The van der Waals surface area contributed by atoms with Gasteiger partial charge in [0.2, 0.25) is 5.91 Å². The van der Waals surface area contributed by atoms with Crippen LogP contribution < -0.4 is 5.32 Å². The normalized spacial score (nSPS) is 33.4. The number of morpholine rings is 1. The first-order valence-electron chi connectivity index (χ1n) is 8.72. The van der Waals surface area contributed by atoms with E-state index in [9.17, 15) is 4.79 Å². The molecule has 1 aromatic rings. The molecular weight excluding hydrogens is 328 g/mol. The molecule has 0 spiro atoms. The average molecular weight is 351 g/mol. The van der Waals surface area contributed by atoms with Gasteiger partial charge in [0.1, 0.15) is 6.10 Å². The fraction of sp³-hybridized carbons (Fsp3) is 0.611. The van der Waals surface area contributed by atoms with Crippen LogP contribution >= 0.6 is 11.6 Å². The van der Waals surface area contributed by atoms with Gasteiger partial charge in [-0.15, -0.1) is 0 Å². The standard InChI is InChI=1S/C18H23ClN2O3/c19-13-5-3-12(4-6-13)17-10-21-9-14(8-15(21)11-24-17)20-18(22)16-2-1-7-23-16/h3-6,14-17H,1-2,7-11H2,(H,20,22)/t14-,15-,16-,17+/m0/s1. The quantitative estimate of drug-likeness (QED) is 0.907. The van der Waals surface area contributed by atoms with Crippen LogP contribution in [-0.4, -0.2) is 55.3 Å². The third-order valence-corrected chi connectivity index (χ3v) is 5.48. The van der Waals surface area contributed by atoms with E-state index in [4.69, 9.17) is 21.1 Å². The largest absolute Gasteiger partial charge is 0.371 e. The van der Waals surface area contributed by atoms with Crippen molar-refractivity contribution in [2.45, 2.75) is 43.6 Å². The van der Waals surface area contributed by atoms with Gasteiger partial charge in [-0.1, -0.05) is 23.7 Å². The van der Waals surface area contributed by atoms with E-state index in [0.29, 0.717) is 19.3 Å². The van der Waals surface area contributed by atoms with Crippen LogP contribution in [0.5, 0.6) is 0 Å². The Morgan fingerprint density at radius 2 is 2.04 bits per heavy atom. The van der Waals surface area contributed by atoms with E-state index in [1.165, 1.54) is 0 Å². The summed E-state index contributed by atoms with van der Waals surface area (Å²) in [7, 11) is 0. The molecule has 0 bridgehead atoms. The third kappa shape index (κ3) is 3.45. The van der Waals surface area contributed by atoms with Gasteiger partial charge in [0.25, 0.3) is 0 Å². The summed E-state index contributed by atoms with van der Waals surface area (Å²) in [6.07, 6.45) is 2.60. The van der Waals surface area contributed by atoms with E-state index in [2.05, 4.69) is 10.2 Å². The Kier molecular flexibility index (Phi) is 4.77. The van der Waals surface area contributed by atoms with Crippen LogP contribution in [0.15, 0.2) is 24.3 Å². The second kappa shape index (κ2) is 7.00. The molecule has 130 valence electrons. The van der Waals surface area contributed by atoms with Gasteiger partial charge in [-0.3, -0.25) is 9.69 Å². The number of carbonyl (C=O) groups is 1. The number of rotatable bonds is 3. The van der Waals surface area contributed by atoms with Crippen LogP contribution in [0.3, 0.4) is 0 Å². The summed E-state index contributed by atoms with van der Waals surface area (Å²) >= 11 is 5.96. The number of halogens is 1. The Balaban J connectivity index is 1.33. The van der Waals surface area contributed by atoms with Crippen molar-refractivity contribution in [2.75, 3.05) is 26.3 Å². The molecule has 0 saturated carbocycles. The lowest BCUT2D eigenvalue weighted by Gasteiger charge is -2.35. The molecule has 4 rings (SSSR count). The maximum atomic E-state index is 12.2. The minimum absolute atomic E-state index is 0.0486. The van der Waals surface area contributed by atoms with Gasteiger partial charge in [0.15, 0.2) is 0 Å². The lowest BCUT2D eigenvalue weighted by Crippen LogP contribution is -2.44. The third-order valence-electron chi connectivity index (χ3n) is 5.23. The van der Waals surface area contributed by atoms with Crippen molar-refractivity contribution in [3.8, 4) is 0 Å². The molecular formula is C18H23ClN2O3. The van der Waals surface area contributed by atoms with Gasteiger partial charge in [0, 0.05) is 36.8 Å². The smallest absolute Gasteiger partial charge is 0.249 e. The molecule has 3 heterocycles. The van der Waals surface area contributed by atoms with E-state index >= 15 is 0 Å². The molecule has 0 radical (unpaired) electrons. The SMILES string of the molecule is O=C(N[C@H]1C[C@H]2CO[C@@H](c3ccc(Cl)cc3)CN2C1)[C@@H]1CCCO1. The molecule has 0 aromatic heterocycles. The number of hydrogen-bond acceptors (Lipinski definition) is 4. The zero-order valence-electron chi connectivity index (χ0n) is 13.6. The Hall–Kier alpha value is -1.14. The number of hydrogen-bond donors (Lipinski definition) is 1. The highest BCUT2D eigenvalue weighted by Crippen LogP contribution is 2.31. The van der Waals surface area contributed by atoms with Crippen molar-refractivity contribution < 1.29 is 14.3 Å². The predicted molar refractivity (Wildman–Crippen MR) is 91.0 cm³/mol. The van der Waals surface area contributed by atoms with Crippen molar-refractivity contribution in [3.63, 3.8) is 0 Å². The number of fused-ring (bicyclic) bond motifs is 1. The molecule has 5 nitrogen and oxygen atoms in total. The molecule has 1 amide bonds. The van der Waals surface area contributed by atoms with Gasteiger partial charge < -0.3 is 14.8 Å². The highest BCUT2D eigenvalue weighted by molar-refractivity contribution is 6.30. The summed E-state index contributed by atoms with van der Waals surface area (Å²) in [5, 5.41) is 3.90. The summed E-state index contributed by atoms with van der Waals surface area (Å²) in [4.78, 5) is 14.7. The second-order valence-corrected chi connectivity index (χ2v) is 7.36. The highest BCUT2D eigenvalue weighted by atomic mass is 35.5. The zero-order chi connectivity index (χ0) is 16.5. The minimum Gasteiger partial charge on any atom is -0.371 e. The summed E-state index contributed by atoms with van der Waals surface area (Å²) in [6.45, 7) is 3.16. The second-order valence-electron chi connectivity index (χ2n) is 6.92. The number of nitrogens with zero attached hydrogens (tertiary/aromatic N) is 1. The molecule has 3 aliphatic rings. The van der Waals surface area contributed by atoms with Crippen molar-refractivity contribution in [3.05, 3.63) is 34.9 Å². The van der Waals surface area contributed by atoms with E-state index in [1.807, 2.05) is 24.3 Å². The molecule has 6 heteroatoms. The molecule has 0 unspecified atom stereocenters. The van der Waals surface area contributed by atoms with Gasteiger partial charge in [-0.25, -0.2) is 0 Å². The number of nitrogens with one attached hydrogen (secondary N) is 1. The number of benzene rings is 1. The molecule has 0 aliphatic carbocycles. The van der Waals surface area contributed by atoms with E-state index in [0.717, 1.165) is 42.9 Å². The van der Waals surface area contributed by atoms with Crippen LogP contribution in [0, 0.1) is 0 Å². The van der Waals surface area contributed by atoms with Crippen molar-refractivity contribution in [1.29, 1.82) is 0 Å². The number of carbonyl (C=O) groups excluding carboxylic acids is 1. The van der Waals surface area contributed by atoms with Crippen molar-refractivity contribution in [1.82, 2.24) is 10.2 Å². The first-order chi connectivity index (χ1) is 11.7. The van der Waals surface area contributed by atoms with Gasteiger partial charge in [-0.2, -0.15) is 0 Å². The lowest BCUT2D eigenvalue weighted by molar-refractivity contribution is -0.130. The molecule has 1 N–H and O–H groups in total. The molecule has 3 fully saturated rings. The van der Waals surface area contributed by atoms with Gasteiger partial charge >= 0.3 is 0 Å². The summed E-state index contributed by atoms with van der Waals surface area (Å²) in [6, 6.07) is 8.45. The van der Waals surface area contributed by atoms with Crippen molar-refractivity contribution in [2.24, 2.45) is 0 Å². The van der Waals surface area contributed by atoms with Crippen LogP contribution in [0.25, 0.3) is 0 Å². The molecule has 24 heavy (non-hydrogen) atoms. The average Bonchev–Trinajstić information content (AvgIpc) is 3.24. The summed E-state index contributed by atoms with van der Waals surface area (Å²) in [5.41, 5.74) is 1.16. The fourth-order valence-electron chi connectivity index (χ4n) is 3.94. The van der Waals surface area contributed by atoms with E-state index in [1.54, 1.807) is 0 Å². The van der Waals surface area contributed by atoms with Gasteiger partial charge in [0.05, 0.1) is 12.7 Å². The van der Waals surface area contributed by atoms with Crippen molar-refractivity contribution >= 4 is 17.5 Å². The predicted octanol–water partition coefficient (Wildman–Crippen LogP) is 2.15. The minimum atomic E-state index is -0.249. The topological polar surface area (TPSA) is 50.8 Å². The number of ether oxygens (including phenoxy) is 2. The number of amides is 1. The molecule has 1 aromatic carbocycles. The zero-order valence-corrected chi connectivity index (χ0v) is 14.4. The first-order valence-corrected chi connectivity index (χ1v) is 9.10. The monoisotopic (exact) mass is 350 g/mol. The Morgan fingerprint density at radius 3 is 2.79 bits per heavy atom. The molecule has 3 aliphatic heterocycles. The van der Waals surface area contributed by atoms with E-state index < -0.39 is 0 Å². The van der Waals surface area contributed by atoms with Crippen LogP contribution in [0.4, 0.5) is 0 Å². The van der Waals surface area contributed by atoms with Crippen LogP contribution in [-0.2, 0) is 14.3 Å². The summed E-state index contributed by atoms with van der Waals surface area (Å²) < 4.78 is 11.5. The highest BCUT2D eigenvalue weighted by Gasteiger charge is 2.39.